The number of amides is 1. The van der Waals surface area contributed by atoms with Gasteiger partial charge in [0.25, 0.3) is 0 Å². The minimum absolute atomic E-state index is 0.196. The molecule has 5 nitrogen and oxygen atoms in total. The van der Waals surface area contributed by atoms with Crippen LogP contribution >= 0.6 is 0 Å². The third-order valence-electron chi connectivity index (χ3n) is 5.85. The van der Waals surface area contributed by atoms with E-state index in [1.807, 2.05) is 12.1 Å². The smallest absolute Gasteiger partial charge is 0.234 e. The second-order valence-electron chi connectivity index (χ2n) is 7.75. The van der Waals surface area contributed by atoms with Gasteiger partial charge in [-0.05, 0) is 49.4 Å². The van der Waals surface area contributed by atoms with Crippen LogP contribution in [0, 0.1) is 5.92 Å². The highest BCUT2D eigenvalue weighted by molar-refractivity contribution is 5.78. The summed E-state index contributed by atoms with van der Waals surface area (Å²) in [4.78, 5) is 17.2. The minimum Gasteiger partial charge on any atom is -0.497 e. The van der Waals surface area contributed by atoms with Crippen LogP contribution in [-0.4, -0.2) is 56.7 Å². The first-order chi connectivity index (χ1) is 12.7. The molecule has 2 fully saturated rings. The number of hydrogen-bond acceptors (Lipinski definition) is 4. The van der Waals surface area contributed by atoms with E-state index in [4.69, 9.17) is 4.74 Å². The van der Waals surface area contributed by atoms with E-state index in [-0.39, 0.29) is 5.91 Å². The maximum atomic E-state index is 12.5. The molecule has 1 aliphatic carbocycles. The Morgan fingerprint density at radius 2 is 1.85 bits per heavy atom. The number of methoxy groups -OCH3 is 1. The van der Waals surface area contributed by atoms with Crippen molar-refractivity contribution < 1.29 is 9.53 Å². The summed E-state index contributed by atoms with van der Waals surface area (Å²) in [7, 11) is 1.69. The fourth-order valence-electron chi connectivity index (χ4n) is 4.17. The van der Waals surface area contributed by atoms with Gasteiger partial charge in [-0.3, -0.25) is 9.69 Å². The third-order valence-corrected chi connectivity index (χ3v) is 5.85. The fourth-order valence-corrected chi connectivity index (χ4v) is 4.17. The van der Waals surface area contributed by atoms with E-state index in [0.717, 1.165) is 44.8 Å². The monoisotopic (exact) mass is 359 g/mol. The first kappa shape index (κ1) is 19.0. The summed E-state index contributed by atoms with van der Waals surface area (Å²) in [5.74, 6) is 1.70. The molecule has 0 bridgehead atoms. The Morgan fingerprint density at radius 1 is 1.08 bits per heavy atom. The molecule has 1 saturated heterocycles. The van der Waals surface area contributed by atoms with Crippen molar-refractivity contribution >= 4 is 11.6 Å². The highest BCUT2D eigenvalue weighted by Gasteiger charge is 2.24. The van der Waals surface area contributed by atoms with Crippen molar-refractivity contribution in [3.8, 4) is 5.75 Å². The second kappa shape index (κ2) is 9.26. The van der Waals surface area contributed by atoms with Crippen LogP contribution in [0.3, 0.4) is 0 Å². The van der Waals surface area contributed by atoms with Crippen LogP contribution in [0.1, 0.15) is 39.0 Å². The summed E-state index contributed by atoms with van der Waals surface area (Å²) >= 11 is 0. The molecule has 1 heterocycles. The van der Waals surface area contributed by atoms with Gasteiger partial charge in [0.1, 0.15) is 5.75 Å². The predicted octanol–water partition coefficient (Wildman–Crippen LogP) is 2.90. The number of ether oxygens (including phenoxy) is 1. The number of benzene rings is 1. The van der Waals surface area contributed by atoms with E-state index in [2.05, 4.69) is 34.2 Å². The first-order valence-electron chi connectivity index (χ1n) is 10.1. The van der Waals surface area contributed by atoms with Gasteiger partial charge in [0, 0.05) is 37.9 Å². The number of carbonyl (C=O) groups is 1. The summed E-state index contributed by atoms with van der Waals surface area (Å²) < 4.78 is 5.24. The quantitative estimate of drug-likeness (QED) is 0.878. The van der Waals surface area contributed by atoms with Crippen LogP contribution in [0.2, 0.25) is 0 Å². The van der Waals surface area contributed by atoms with Crippen LogP contribution in [0.15, 0.2) is 24.3 Å². The molecule has 2 atom stereocenters. The van der Waals surface area contributed by atoms with Crippen molar-refractivity contribution in [2.45, 2.75) is 45.1 Å². The van der Waals surface area contributed by atoms with Crippen molar-refractivity contribution in [3.05, 3.63) is 24.3 Å². The van der Waals surface area contributed by atoms with E-state index in [1.165, 1.54) is 24.9 Å². The molecule has 2 aliphatic rings. The molecule has 1 amide bonds. The topological polar surface area (TPSA) is 44.8 Å². The van der Waals surface area contributed by atoms with E-state index < -0.39 is 0 Å². The number of nitrogens with zero attached hydrogens (tertiary/aromatic N) is 2. The van der Waals surface area contributed by atoms with Crippen LogP contribution in [0.5, 0.6) is 5.75 Å². The van der Waals surface area contributed by atoms with Crippen LogP contribution in [0.25, 0.3) is 0 Å². The van der Waals surface area contributed by atoms with Gasteiger partial charge in [-0.2, -0.15) is 0 Å². The molecule has 1 aliphatic heterocycles. The lowest BCUT2D eigenvalue weighted by Gasteiger charge is -2.30. The zero-order chi connectivity index (χ0) is 18.4. The molecule has 0 radical (unpaired) electrons. The summed E-state index contributed by atoms with van der Waals surface area (Å²) in [5.41, 5.74) is 1.23. The largest absolute Gasteiger partial charge is 0.497 e. The number of rotatable bonds is 5. The Kier molecular flexibility index (Phi) is 6.78. The molecule has 1 N–H and O–H groups in total. The van der Waals surface area contributed by atoms with Crippen molar-refractivity contribution in [2.75, 3.05) is 44.7 Å². The molecular weight excluding hydrogens is 326 g/mol. The number of hydrogen-bond donors (Lipinski definition) is 1. The molecule has 3 rings (SSSR count). The van der Waals surface area contributed by atoms with Crippen LogP contribution < -0.4 is 15.0 Å². The normalized spacial score (nSPS) is 24.8. The standard InChI is InChI=1S/C21H33N3O2/c1-17-6-3-4-7-20(17)22-21(25)16-23-12-5-13-24(15-14-23)18-8-10-19(26-2)11-9-18/h8-11,17,20H,3-7,12-16H2,1-2H3,(H,22,25)/t17-,20-/m0/s1. The molecule has 26 heavy (non-hydrogen) atoms. The highest BCUT2D eigenvalue weighted by Crippen LogP contribution is 2.24. The van der Waals surface area contributed by atoms with Crippen LogP contribution in [0.4, 0.5) is 5.69 Å². The molecule has 5 heteroatoms. The van der Waals surface area contributed by atoms with E-state index >= 15 is 0 Å². The lowest BCUT2D eigenvalue weighted by atomic mass is 9.86. The van der Waals surface area contributed by atoms with Gasteiger partial charge in [0.05, 0.1) is 13.7 Å². The number of nitrogens with one attached hydrogen (secondary N) is 1. The maximum Gasteiger partial charge on any atom is 0.234 e. The van der Waals surface area contributed by atoms with Crippen LogP contribution in [-0.2, 0) is 4.79 Å². The molecule has 0 unspecified atom stereocenters. The Balaban J connectivity index is 1.47. The predicted molar refractivity (Wildman–Crippen MR) is 106 cm³/mol. The molecule has 1 aromatic carbocycles. The Morgan fingerprint density at radius 3 is 2.58 bits per heavy atom. The van der Waals surface area contributed by atoms with E-state index in [1.54, 1.807) is 7.11 Å². The van der Waals surface area contributed by atoms with Gasteiger partial charge < -0.3 is 15.0 Å². The van der Waals surface area contributed by atoms with Gasteiger partial charge in [0.15, 0.2) is 0 Å². The van der Waals surface area contributed by atoms with Gasteiger partial charge >= 0.3 is 0 Å². The molecule has 0 aromatic heterocycles. The lowest BCUT2D eigenvalue weighted by Crippen LogP contribution is -2.46. The Labute approximate surface area is 157 Å². The summed E-state index contributed by atoms with van der Waals surface area (Å²) in [6.45, 7) is 6.70. The lowest BCUT2D eigenvalue weighted by molar-refractivity contribution is -0.123. The zero-order valence-corrected chi connectivity index (χ0v) is 16.2. The molecule has 144 valence electrons. The summed E-state index contributed by atoms with van der Waals surface area (Å²) in [6, 6.07) is 8.63. The van der Waals surface area contributed by atoms with Gasteiger partial charge in [-0.1, -0.05) is 19.8 Å². The SMILES string of the molecule is COc1ccc(N2CCCN(CC(=O)N[C@H]3CCCC[C@@H]3C)CC2)cc1. The van der Waals surface area contributed by atoms with Crippen molar-refractivity contribution in [3.63, 3.8) is 0 Å². The molecular formula is C21H33N3O2. The Hall–Kier alpha value is -1.75. The summed E-state index contributed by atoms with van der Waals surface area (Å²) in [5, 5.41) is 3.28. The molecule has 0 spiro atoms. The summed E-state index contributed by atoms with van der Waals surface area (Å²) in [6.07, 6.45) is 6.01. The minimum atomic E-state index is 0.196. The average molecular weight is 360 g/mol. The van der Waals surface area contributed by atoms with Gasteiger partial charge in [0.2, 0.25) is 5.91 Å². The Bertz CT molecular complexity index is 575. The van der Waals surface area contributed by atoms with Gasteiger partial charge in [-0.25, -0.2) is 0 Å². The first-order valence-corrected chi connectivity index (χ1v) is 10.1. The average Bonchev–Trinajstić information content (AvgIpc) is 2.89. The fraction of sp³-hybridized carbons (Fsp3) is 0.667. The maximum absolute atomic E-state index is 12.5. The second-order valence-corrected chi connectivity index (χ2v) is 7.75. The van der Waals surface area contributed by atoms with Gasteiger partial charge in [-0.15, -0.1) is 0 Å². The van der Waals surface area contributed by atoms with Crippen molar-refractivity contribution in [1.29, 1.82) is 0 Å². The number of carbonyl (C=O) groups excluding carboxylic acids is 1. The van der Waals surface area contributed by atoms with Crippen molar-refractivity contribution in [1.82, 2.24) is 10.2 Å². The number of anilines is 1. The van der Waals surface area contributed by atoms with Crippen molar-refractivity contribution in [2.24, 2.45) is 5.92 Å². The molecule has 1 aromatic rings. The highest BCUT2D eigenvalue weighted by atomic mass is 16.5. The van der Waals surface area contributed by atoms with E-state index in [0.29, 0.717) is 18.5 Å². The zero-order valence-electron chi connectivity index (χ0n) is 16.2. The third kappa shape index (κ3) is 5.13. The molecule has 1 saturated carbocycles. The van der Waals surface area contributed by atoms with E-state index in [9.17, 15) is 4.79 Å².